The van der Waals surface area contributed by atoms with Crippen molar-refractivity contribution in [2.24, 2.45) is 0 Å². The van der Waals surface area contributed by atoms with Gasteiger partial charge in [-0.05, 0) is 92.6 Å². The van der Waals surface area contributed by atoms with Gasteiger partial charge in [-0.25, -0.2) is 19.2 Å². The second-order valence-electron chi connectivity index (χ2n) is 12.3. The average Bonchev–Trinajstić information content (AvgIpc) is 3.13. The molecule has 0 saturated carbocycles. The highest BCUT2D eigenvalue weighted by molar-refractivity contribution is 5.93. The lowest BCUT2D eigenvalue weighted by Crippen LogP contribution is -2.26. The summed E-state index contributed by atoms with van der Waals surface area (Å²) in [5.41, 5.74) is 0.806. The normalized spacial score (nSPS) is 11.3. The van der Waals surface area contributed by atoms with Crippen LogP contribution < -0.4 is 14.2 Å². The van der Waals surface area contributed by atoms with Crippen LogP contribution in [0.5, 0.6) is 17.2 Å². The lowest BCUT2D eigenvalue weighted by atomic mass is 10.1. The maximum Gasteiger partial charge on any atom is 0.347 e. The highest BCUT2D eigenvalue weighted by atomic mass is 16.6. The molecule has 0 bridgehead atoms. The number of ether oxygens (including phenoxy) is 5. The van der Waals surface area contributed by atoms with Gasteiger partial charge in [0.15, 0.2) is 6.10 Å². The Kier molecular flexibility index (Phi) is 18.2. The third-order valence-corrected chi connectivity index (χ3v) is 8.07. The number of hydrogen-bond donors (Lipinski definition) is 0. The monoisotopic (exact) mass is 688 g/mol. The van der Waals surface area contributed by atoms with Crippen molar-refractivity contribution in [3.63, 3.8) is 0 Å². The van der Waals surface area contributed by atoms with E-state index in [0.717, 1.165) is 32.1 Å². The van der Waals surface area contributed by atoms with Crippen molar-refractivity contribution in [3.05, 3.63) is 89.5 Å². The van der Waals surface area contributed by atoms with Crippen LogP contribution >= 0.6 is 0 Å². The van der Waals surface area contributed by atoms with E-state index in [9.17, 15) is 19.2 Å². The minimum absolute atomic E-state index is 0.188. The van der Waals surface area contributed by atoms with Gasteiger partial charge < -0.3 is 23.7 Å². The van der Waals surface area contributed by atoms with Crippen LogP contribution in [0, 0.1) is 0 Å². The number of rotatable bonds is 23. The quantitative estimate of drug-likeness (QED) is 0.0546. The first kappa shape index (κ1) is 39.8. The largest absolute Gasteiger partial charge is 0.494 e. The second-order valence-corrected chi connectivity index (χ2v) is 12.3. The lowest BCUT2D eigenvalue weighted by Gasteiger charge is -2.13. The van der Waals surface area contributed by atoms with Gasteiger partial charge >= 0.3 is 23.9 Å². The average molecular weight is 689 g/mol. The van der Waals surface area contributed by atoms with Gasteiger partial charge in [-0.2, -0.15) is 0 Å². The third kappa shape index (κ3) is 14.8. The molecule has 0 spiro atoms. The van der Waals surface area contributed by atoms with E-state index in [1.54, 1.807) is 24.3 Å². The van der Waals surface area contributed by atoms with Gasteiger partial charge in [-0.1, -0.05) is 84.5 Å². The fourth-order valence-electron chi connectivity index (χ4n) is 5.04. The first-order valence-corrected chi connectivity index (χ1v) is 18.1. The molecule has 0 aromatic heterocycles. The zero-order chi connectivity index (χ0) is 36.0. The SMILES string of the molecule is CCCCCCCCCCCCOc1ccc(C(=O)Oc2ccc(C(=O)Oc3ccc(C(=O)O[C@@H](C)C(=O)OCCCCC)cc3)cc2)cc1. The molecule has 0 radical (unpaired) electrons. The number of benzene rings is 3. The minimum atomic E-state index is -1.05. The highest BCUT2D eigenvalue weighted by Crippen LogP contribution is 2.20. The van der Waals surface area contributed by atoms with Gasteiger partial charge in [0.1, 0.15) is 17.2 Å². The molecule has 270 valence electrons. The Balaban J connectivity index is 1.36. The van der Waals surface area contributed by atoms with Gasteiger partial charge in [-0.15, -0.1) is 0 Å². The Bertz CT molecular complexity index is 1450. The van der Waals surface area contributed by atoms with Gasteiger partial charge in [0.25, 0.3) is 0 Å². The first-order valence-electron chi connectivity index (χ1n) is 18.1. The smallest absolute Gasteiger partial charge is 0.347 e. The predicted octanol–water partition coefficient (Wildman–Crippen LogP) is 9.70. The Labute approximate surface area is 296 Å². The summed E-state index contributed by atoms with van der Waals surface area (Å²) < 4.78 is 27.0. The number of carbonyl (C=O) groups is 4. The van der Waals surface area contributed by atoms with E-state index in [1.165, 1.54) is 107 Å². The van der Waals surface area contributed by atoms with Crippen LogP contribution in [0.3, 0.4) is 0 Å². The summed E-state index contributed by atoms with van der Waals surface area (Å²) in [4.78, 5) is 49.8. The van der Waals surface area contributed by atoms with Crippen LogP contribution in [-0.4, -0.2) is 43.2 Å². The summed E-state index contributed by atoms with van der Waals surface area (Å²) in [6.45, 7) is 6.68. The van der Waals surface area contributed by atoms with Gasteiger partial charge in [0.05, 0.1) is 29.9 Å². The molecule has 9 heteroatoms. The van der Waals surface area contributed by atoms with E-state index < -0.39 is 30.0 Å². The summed E-state index contributed by atoms with van der Waals surface area (Å²) >= 11 is 0. The lowest BCUT2D eigenvalue weighted by molar-refractivity contribution is -0.153. The fraction of sp³-hybridized carbons (Fsp3) is 0.463. The molecule has 1 atom stereocenters. The molecule has 0 amide bonds. The number of carbonyl (C=O) groups excluding carboxylic acids is 4. The standard InChI is InChI=1S/C41H52O9/c1-4-6-8-9-10-11-12-13-14-16-29-46-35-23-17-33(18-24-35)40(44)49-37-27-21-34(22-28-37)41(45)50-36-25-19-32(20-26-36)39(43)48-31(3)38(42)47-30-15-7-5-2/h17-28,31H,4-16,29-30H2,1-3H3/t31-/m0/s1. The van der Waals surface area contributed by atoms with E-state index in [1.807, 2.05) is 6.92 Å². The Morgan fingerprint density at radius 2 is 0.860 bits per heavy atom. The van der Waals surface area contributed by atoms with Crippen LogP contribution in [0.2, 0.25) is 0 Å². The molecular weight excluding hydrogens is 636 g/mol. The van der Waals surface area contributed by atoms with E-state index in [0.29, 0.717) is 17.9 Å². The number of hydrogen-bond acceptors (Lipinski definition) is 9. The second kappa shape index (κ2) is 22.9. The topological polar surface area (TPSA) is 114 Å². The number of esters is 4. The van der Waals surface area contributed by atoms with Crippen LogP contribution in [0.1, 0.15) is 135 Å². The van der Waals surface area contributed by atoms with Crippen molar-refractivity contribution >= 4 is 23.9 Å². The molecule has 0 heterocycles. The zero-order valence-electron chi connectivity index (χ0n) is 29.8. The van der Waals surface area contributed by atoms with E-state index in [-0.39, 0.29) is 29.2 Å². The summed E-state index contributed by atoms with van der Waals surface area (Å²) in [6, 6.07) is 18.6. The molecule has 50 heavy (non-hydrogen) atoms. The summed E-state index contributed by atoms with van der Waals surface area (Å²) in [5.74, 6) is -1.27. The Morgan fingerprint density at radius 1 is 0.480 bits per heavy atom. The molecule has 0 aliphatic heterocycles. The summed E-state index contributed by atoms with van der Waals surface area (Å²) in [6.07, 6.45) is 14.3. The molecule has 9 nitrogen and oxygen atoms in total. The third-order valence-electron chi connectivity index (χ3n) is 8.07. The fourth-order valence-corrected chi connectivity index (χ4v) is 5.04. The van der Waals surface area contributed by atoms with Crippen LogP contribution in [0.15, 0.2) is 72.8 Å². The van der Waals surface area contributed by atoms with Crippen molar-refractivity contribution in [1.29, 1.82) is 0 Å². The van der Waals surface area contributed by atoms with E-state index in [2.05, 4.69) is 6.92 Å². The maximum absolute atomic E-state index is 12.7. The molecule has 3 rings (SSSR count). The predicted molar refractivity (Wildman–Crippen MR) is 192 cm³/mol. The Morgan fingerprint density at radius 3 is 1.34 bits per heavy atom. The van der Waals surface area contributed by atoms with Crippen molar-refractivity contribution in [3.8, 4) is 17.2 Å². The maximum atomic E-state index is 12.7. The van der Waals surface area contributed by atoms with Gasteiger partial charge in [0, 0.05) is 0 Å². The molecule has 0 N–H and O–H groups in total. The van der Waals surface area contributed by atoms with E-state index in [4.69, 9.17) is 23.7 Å². The van der Waals surface area contributed by atoms with Crippen molar-refractivity contribution in [2.45, 2.75) is 110 Å². The molecule has 0 aliphatic rings. The minimum Gasteiger partial charge on any atom is -0.494 e. The molecule has 3 aromatic rings. The molecule has 0 unspecified atom stereocenters. The Hall–Kier alpha value is -4.66. The van der Waals surface area contributed by atoms with Crippen molar-refractivity contribution in [2.75, 3.05) is 13.2 Å². The summed E-state index contributed by atoms with van der Waals surface area (Å²) in [5, 5.41) is 0. The van der Waals surface area contributed by atoms with Crippen molar-refractivity contribution < 1.29 is 42.9 Å². The molecular formula is C41H52O9. The molecule has 0 aliphatic carbocycles. The first-order chi connectivity index (χ1) is 24.3. The molecule has 3 aromatic carbocycles. The van der Waals surface area contributed by atoms with Crippen LogP contribution in [0.25, 0.3) is 0 Å². The highest BCUT2D eigenvalue weighted by Gasteiger charge is 2.20. The molecule has 0 saturated heterocycles. The zero-order valence-corrected chi connectivity index (χ0v) is 29.8. The van der Waals surface area contributed by atoms with Gasteiger partial charge in [0.2, 0.25) is 0 Å². The molecule has 0 fully saturated rings. The van der Waals surface area contributed by atoms with Crippen LogP contribution in [0.4, 0.5) is 0 Å². The number of unbranched alkanes of at least 4 members (excludes halogenated alkanes) is 11. The van der Waals surface area contributed by atoms with Gasteiger partial charge in [-0.3, -0.25) is 0 Å². The van der Waals surface area contributed by atoms with Crippen molar-refractivity contribution in [1.82, 2.24) is 0 Å². The van der Waals surface area contributed by atoms with Crippen LogP contribution in [-0.2, 0) is 14.3 Å². The summed E-state index contributed by atoms with van der Waals surface area (Å²) in [7, 11) is 0. The van der Waals surface area contributed by atoms with E-state index >= 15 is 0 Å².